The van der Waals surface area contributed by atoms with E-state index >= 15 is 0 Å². The lowest BCUT2D eigenvalue weighted by molar-refractivity contribution is 1.18. The van der Waals surface area contributed by atoms with Crippen molar-refractivity contribution >= 4 is 65.2 Å². The van der Waals surface area contributed by atoms with Crippen LogP contribution in [0.5, 0.6) is 0 Å². The molecule has 61 heavy (non-hydrogen) atoms. The molecule has 0 spiro atoms. The van der Waals surface area contributed by atoms with Crippen LogP contribution in [0.3, 0.4) is 0 Å². The van der Waals surface area contributed by atoms with Gasteiger partial charge in [-0.25, -0.2) is 4.85 Å². The van der Waals surface area contributed by atoms with Gasteiger partial charge in [0.15, 0.2) is 5.69 Å². The van der Waals surface area contributed by atoms with Crippen LogP contribution in [0.2, 0.25) is 0 Å². The standard InChI is InChI=1S/C43H27N3.C13H8BrN.3H2/c44-28-29-9-8-10-31(25-29)30-17-21-35(22-18-30)46-41-16-7-5-14-37(41)39-27-33(20-24-43(39)46)32-19-23-42-38(26-32)36-13-4-6-15-40(36)45(42)34-11-2-1-3-12-34;1-15-13-4-2-3-11(9-13)10-5-7-12(14)8-6-10;;;/h1-27H;2-9H;3*1H. The molecule has 0 unspecified atom stereocenters. The maximum Gasteiger partial charge on any atom is 0.187 e. The Morgan fingerprint density at radius 2 is 0.869 bits per heavy atom. The van der Waals surface area contributed by atoms with Crippen LogP contribution in [-0.2, 0) is 0 Å². The van der Waals surface area contributed by atoms with Crippen LogP contribution in [0, 0.1) is 17.9 Å². The maximum atomic E-state index is 9.35. The number of rotatable bonds is 5. The molecular weight excluding hydrogens is 809 g/mol. The number of fused-ring (bicyclic) bond motifs is 6. The van der Waals surface area contributed by atoms with Crippen molar-refractivity contribution in [3.63, 3.8) is 0 Å². The fraction of sp³-hybridized carbons (Fsp3) is 0. The number of hydrogen-bond acceptors (Lipinski definition) is 1. The average Bonchev–Trinajstić information content (AvgIpc) is 3.84. The third-order valence-corrected chi connectivity index (χ3v) is 11.8. The van der Waals surface area contributed by atoms with Crippen molar-refractivity contribution in [3.8, 4) is 50.8 Å². The highest BCUT2D eigenvalue weighted by atomic mass is 79.9. The second-order valence-electron chi connectivity index (χ2n) is 14.9. The summed E-state index contributed by atoms with van der Waals surface area (Å²) in [6.45, 7) is 6.95. The van der Waals surface area contributed by atoms with E-state index in [0.717, 1.165) is 32.4 Å². The molecule has 9 aromatic carbocycles. The van der Waals surface area contributed by atoms with E-state index in [1.54, 1.807) is 0 Å². The first-order chi connectivity index (χ1) is 30.1. The van der Waals surface area contributed by atoms with Gasteiger partial charge >= 0.3 is 0 Å². The highest BCUT2D eigenvalue weighted by Crippen LogP contribution is 2.38. The van der Waals surface area contributed by atoms with Crippen molar-refractivity contribution in [3.05, 3.63) is 234 Å². The van der Waals surface area contributed by atoms with E-state index in [-0.39, 0.29) is 4.28 Å². The molecule has 0 atom stereocenters. The molecule has 292 valence electrons. The number of nitriles is 1. The van der Waals surface area contributed by atoms with Gasteiger partial charge in [0.05, 0.1) is 40.3 Å². The van der Waals surface area contributed by atoms with Gasteiger partial charge in [0, 0.05) is 41.7 Å². The maximum absolute atomic E-state index is 9.35. The lowest BCUT2D eigenvalue weighted by atomic mass is 10.0. The minimum absolute atomic E-state index is 0. The Morgan fingerprint density at radius 3 is 1.44 bits per heavy atom. The van der Waals surface area contributed by atoms with E-state index in [2.05, 4.69) is 182 Å². The van der Waals surface area contributed by atoms with Gasteiger partial charge in [-0.05, 0) is 124 Å². The molecule has 0 saturated carbocycles. The molecule has 0 N–H and O–H groups in total. The second kappa shape index (κ2) is 16.0. The number of benzene rings is 9. The zero-order valence-corrected chi connectivity index (χ0v) is 34.5. The molecule has 4 nitrogen and oxygen atoms in total. The molecular formula is C56H41BrN4. The zero-order chi connectivity index (χ0) is 41.3. The first-order valence-corrected chi connectivity index (χ1v) is 20.8. The van der Waals surface area contributed by atoms with Crippen LogP contribution in [0.25, 0.3) is 93.2 Å². The molecule has 11 aromatic rings. The number of aromatic nitrogens is 2. The summed E-state index contributed by atoms with van der Waals surface area (Å²) < 4.78 is 5.77. The number of nitrogens with zero attached hydrogens (tertiary/aromatic N) is 4. The van der Waals surface area contributed by atoms with Crippen molar-refractivity contribution in [1.29, 1.82) is 5.26 Å². The summed E-state index contributed by atoms with van der Waals surface area (Å²) in [5, 5.41) is 14.3. The van der Waals surface area contributed by atoms with Gasteiger partial charge in [-0.15, -0.1) is 0 Å². The summed E-state index contributed by atoms with van der Waals surface area (Å²) in [6, 6.07) is 76.0. The van der Waals surface area contributed by atoms with Gasteiger partial charge in [-0.2, -0.15) is 5.26 Å². The molecule has 2 aromatic heterocycles. The quantitative estimate of drug-likeness (QED) is 0.159. The molecule has 0 radical (unpaired) electrons. The normalized spacial score (nSPS) is 11.0. The third kappa shape index (κ3) is 7.04. The Morgan fingerprint density at radius 1 is 0.410 bits per heavy atom. The SMILES string of the molecule is N#Cc1cccc(-c2ccc(-n3c4ccccc4c4cc(-c5ccc6c(c5)c5ccccc5n6-c5ccccc5)ccc43)cc2)c1.[C-]#[N+]c1cccc(-c2ccc(Br)cc2)c1.[HH].[HH].[HH]. The second-order valence-corrected chi connectivity index (χ2v) is 15.8. The summed E-state index contributed by atoms with van der Waals surface area (Å²) in [6.07, 6.45) is 0. The van der Waals surface area contributed by atoms with Crippen LogP contribution in [0.4, 0.5) is 5.69 Å². The predicted molar refractivity (Wildman–Crippen MR) is 263 cm³/mol. The Labute approximate surface area is 366 Å². The fourth-order valence-electron chi connectivity index (χ4n) is 8.41. The lowest BCUT2D eigenvalue weighted by Crippen LogP contribution is -1.94. The first-order valence-electron chi connectivity index (χ1n) is 20.0. The molecule has 0 aliphatic carbocycles. The van der Waals surface area contributed by atoms with E-state index in [0.29, 0.717) is 11.3 Å². The molecule has 0 amide bonds. The molecule has 0 aliphatic heterocycles. The van der Waals surface area contributed by atoms with Crippen LogP contribution < -0.4 is 0 Å². The van der Waals surface area contributed by atoms with E-state index in [9.17, 15) is 5.26 Å². The Kier molecular flexibility index (Phi) is 9.79. The summed E-state index contributed by atoms with van der Waals surface area (Å²) in [4.78, 5) is 3.42. The van der Waals surface area contributed by atoms with Crippen LogP contribution in [-0.4, -0.2) is 9.13 Å². The van der Waals surface area contributed by atoms with Crippen LogP contribution in [0.15, 0.2) is 217 Å². The van der Waals surface area contributed by atoms with Crippen molar-refractivity contribution < 1.29 is 4.28 Å². The topological polar surface area (TPSA) is 38.0 Å². The summed E-state index contributed by atoms with van der Waals surface area (Å²) in [5.74, 6) is 0. The van der Waals surface area contributed by atoms with Crippen molar-refractivity contribution in [1.82, 2.24) is 9.13 Å². The molecule has 0 bridgehead atoms. The molecule has 0 saturated heterocycles. The molecule has 5 heteroatoms. The van der Waals surface area contributed by atoms with Gasteiger partial charge in [0.25, 0.3) is 0 Å². The van der Waals surface area contributed by atoms with Gasteiger partial charge in [0.2, 0.25) is 0 Å². The summed E-state index contributed by atoms with van der Waals surface area (Å²) in [5.41, 5.74) is 15.1. The van der Waals surface area contributed by atoms with Crippen molar-refractivity contribution in [2.45, 2.75) is 0 Å². The van der Waals surface area contributed by atoms with Crippen LogP contribution >= 0.6 is 15.9 Å². The molecule has 11 rings (SSSR count). The molecule has 0 aliphatic rings. The van der Waals surface area contributed by atoms with E-state index in [1.807, 2.05) is 66.7 Å². The minimum atomic E-state index is 0. The highest BCUT2D eigenvalue weighted by molar-refractivity contribution is 9.10. The average molecular weight is 850 g/mol. The minimum Gasteiger partial charge on any atom is -0.309 e. The summed E-state index contributed by atoms with van der Waals surface area (Å²) >= 11 is 3.40. The van der Waals surface area contributed by atoms with E-state index in [1.165, 1.54) is 60.4 Å². The lowest BCUT2D eigenvalue weighted by Gasteiger charge is -2.10. The smallest absolute Gasteiger partial charge is 0.187 e. The Bertz CT molecular complexity index is 3510. The first kappa shape index (κ1) is 37.3. The number of hydrogen-bond donors (Lipinski definition) is 0. The van der Waals surface area contributed by atoms with E-state index < -0.39 is 0 Å². The van der Waals surface area contributed by atoms with Crippen molar-refractivity contribution in [2.75, 3.05) is 0 Å². The fourth-order valence-corrected chi connectivity index (χ4v) is 8.67. The van der Waals surface area contributed by atoms with Crippen molar-refractivity contribution in [2.24, 2.45) is 0 Å². The molecule has 2 heterocycles. The third-order valence-electron chi connectivity index (χ3n) is 11.3. The van der Waals surface area contributed by atoms with E-state index in [4.69, 9.17) is 6.57 Å². The van der Waals surface area contributed by atoms with Gasteiger partial charge < -0.3 is 9.13 Å². The Hall–Kier alpha value is -7.96. The zero-order valence-electron chi connectivity index (χ0n) is 32.9. The number of halogens is 1. The Balaban J connectivity index is 0.000000291. The van der Waals surface area contributed by atoms with Crippen LogP contribution in [0.1, 0.15) is 9.84 Å². The largest absolute Gasteiger partial charge is 0.309 e. The van der Waals surface area contributed by atoms with Gasteiger partial charge in [-0.1, -0.05) is 137 Å². The van der Waals surface area contributed by atoms with Gasteiger partial charge in [-0.3, -0.25) is 0 Å². The monoisotopic (exact) mass is 848 g/mol. The molecule has 0 fully saturated rings. The summed E-state index contributed by atoms with van der Waals surface area (Å²) in [7, 11) is 0. The number of para-hydroxylation sites is 3. The van der Waals surface area contributed by atoms with Gasteiger partial charge in [0.1, 0.15) is 0 Å². The highest BCUT2D eigenvalue weighted by Gasteiger charge is 2.16. The predicted octanol–water partition coefficient (Wildman–Crippen LogP) is 16.5.